The van der Waals surface area contributed by atoms with Crippen LogP contribution >= 0.6 is 11.3 Å². The molecule has 0 aromatic carbocycles. The van der Waals surface area contributed by atoms with E-state index in [-0.39, 0.29) is 0 Å². The van der Waals surface area contributed by atoms with Crippen LogP contribution < -0.4 is 11.5 Å². The zero-order valence-electron chi connectivity index (χ0n) is 10.5. The van der Waals surface area contributed by atoms with Crippen LogP contribution in [-0.4, -0.2) is 16.1 Å². The Labute approximate surface area is 118 Å². The summed E-state index contributed by atoms with van der Waals surface area (Å²) in [5.41, 5.74) is 7.30. The van der Waals surface area contributed by atoms with Crippen LogP contribution in [0.2, 0.25) is 0 Å². The third-order valence-corrected chi connectivity index (χ3v) is 3.65. The highest BCUT2D eigenvalue weighted by atomic mass is 32.1. The first-order valence-electron chi connectivity index (χ1n) is 5.98. The molecule has 0 radical (unpaired) electrons. The summed E-state index contributed by atoms with van der Waals surface area (Å²) < 4.78 is 6.66. The van der Waals surface area contributed by atoms with Gasteiger partial charge in [0, 0.05) is 22.0 Å². The summed E-state index contributed by atoms with van der Waals surface area (Å²) in [5, 5.41) is 1.94. The number of nitrogens with zero attached hydrogens (tertiary/aromatic N) is 2. The van der Waals surface area contributed by atoms with Crippen molar-refractivity contribution in [2.24, 2.45) is 5.73 Å². The van der Waals surface area contributed by atoms with Crippen LogP contribution in [0, 0.1) is 11.8 Å². The lowest BCUT2D eigenvalue weighted by Crippen LogP contribution is -2.14. The molecule has 0 aliphatic rings. The normalized spacial score (nSPS) is 10.4. The highest BCUT2D eigenvalue weighted by Crippen LogP contribution is 2.17. The van der Waals surface area contributed by atoms with Gasteiger partial charge in [0.15, 0.2) is 11.2 Å². The second-order valence-electron chi connectivity index (χ2n) is 4.09. The fourth-order valence-corrected chi connectivity index (χ4v) is 2.68. The average Bonchev–Trinajstić information content (AvgIpc) is 3.02. The lowest BCUT2D eigenvalue weighted by atomic mass is 10.3. The molecule has 0 saturated carbocycles. The van der Waals surface area contributed by atoms with E-state index in [2.05, 4.69) is 16.8 Å². The number of fused-ring (bicyclic) bond motifs is 1. The van der Waals surface area contributed by atoms with Crippen molar-refractivity contribution in [3.8, 4) is 11.8 Å². The number of nitrogens with two attached hydrogens (primary N) is 1. The van der Waals surface area contributed by atoms with Crippen LogP contribution in [0.4, 0.5) is 0 Å². The predicted octanol–water partition coefficient (Wildman–Crippen LogP) is 1.41. The molecule has 0 bridgehead atoms. The van der Waals surface area contributed by atoms with Crippen molar-refractivity contribution in [1.29, 1.82) is 0 Å². The number of thiophene rings is 1. The van der Waals surface area contributed by atoms with Gasteiger partial charge in [0.05, 0.1) is 13.1 Å². The van der Waals surface area contributed by atoms with Gasteiger partial charge in [-0.1, -0.05) is 11.8 Å². The smallest absolute Gasteiger partial charge is 0.406 e. The van der Waals surface area contributed by atoms with Gasteiger partial charge in [-0.25, -0.2) is 9.78 Å². The SMILES string of the molecule is NCC#Cc1csc(Cn2c(=O)oc3cccnc32)c1. The highest BCUT2D eigenvalue weighted by molar-refractivity contribution is 7.10. The molecule has 0 spiro atoms. The van der Waals surface area contributed by atoms with Crippen molar-refractivity contribution in [1.82, 2.24) is 9.55 Å². The summed E-state index contributed by atoms with van der Waals surface area (Å²) in [7, 11) is 0. The zero-order valence-corrected chi connectivity index (χ0v) is 11.3. The van der Waals surface area contributed by atoms with E-state index in [1.807, 2.05) is 11.4 Å². The largest absolute Gasteiger partial charge is 0.421 e. The standard InChI is InChI=1S/C14H11N3O2S/c15-5-1-3-10-7-11(20-9-10)8-17-13-12(19-14(17)18)4-2-6-16-13/h2,4,6-7,9H,5,8,15H2. The molecule has 3 aromatic rings. The molecule has 0 atom stereocenters. The summed E-state index contributed by atoms with van der Waals surface area (Å²) in [6, 6.07) is 5.41. The summed E-state index contributed by atoms with van der Waals surface area (Å²) >= 11 is 1.54. The first-order valence-corrected chi connectivity index (χ1v) is 6.86. The molecule has 100 valence electrons. The maximum absolute atomic E-state index is 11.8. The van der Waals surface area contributed by atoms with Crippen molar-refractivity contribution in [3.63, 3.8) is 0 Å². The van der Waals surface area contributed by atoms with Crippen molar-refractivity contribution >= 4 is 22.6 Å². The van der Waals surface area contributed by atoms with Crippen LogP contribution in [0.15, 0.2) is 39.0 Å². The number of hydrogen-bond donors (Lipinski definition) is 1. The van der Waals surface area contributed by atoms with Gasteiger partial charge in [0.25, 0.3) is 0 Å². The van der Waals surface area contributed by atoms with Gasteiger partial charge in [0.2, 0.25) is 0 Å². The Morgan fingerprint density at radius 1 is 1.50 bits per heavy atom. The molecule has 0 saturated heterocycles. The molecule has 6 heteroatoms. The molecule has 0 aliphatic heterocycles. The molecule has 0 unspecified atom stereocenters. The fourth-order valence-electron chi connectivity index (χ4n) is 1.88. The van der Waals surface area contributed by atoms with E-state index in [1.165, 1.54) is 4.57 Å². The van der Waals surface area contributed by atoms with E-state index in [9.17, 15) is 4.79 Å². The fraction of sp³-hybridized carbons (Fsp3) is 0.143. The van der Waals surface area contributed by atoms with Crippen LogP contribution in [0.5, 0.6) is 0 Å². The van der Waals surface area contributed by atoms with Crippen LogP contribution in [0.3, 0.4) is 0 Å². The number of hydrogen-bond acceptors (Lipinski definition) is 5. The van der Waals surface area contributed by atoms with Crippen molar-refractivity contribution < 1.29 is 4.42 Å². The van der Waals surface area contributed by atoms with E-state index < -0.39 is 5.76 Å². The first-order chi connectivity index (χ1) is 9.78. The molecule has 20 heavy (non-hydrogen) atoms. The quantitative estimate of drug-likeness (QED) is 0.722. The average molecular weight is 285 g/mol. The summed E-state index contributed by atoms with van der Waals surface area (Å²) in [4.78, 5) is 17.0. The summed E-state index contributed by atoms with van der Waals surface area (Å²) in [6.07, 6.45) is 1.64. The Kier molecular flexibility index (Phi) is 3.37. The van der Waals surface area contributed by atoms with Crippen LogP contribution in [-0.2, 0) is 6.54 Å². The Hall–Kier alpha value is -2.36. The topological polar surface area (TPSA) is 74.0 Å². The lowest BCUT2D eigenvalue weighted by molar-refractivity contribution is 0.518. The Balaban J connectivity index is 1.95. The molecule has 3 aromatic heterocycles. The minimum atomic E-state index is -0.401. The van der Waals surface area contributed by atoms with Crippen LogP contribution in [0.25, 0.3) is 11.2 Å². The van der Waals surface area contributed by atoms with Gasteiger partial charge in [-0.05, 0) is 18.2 Å². The molecule has 2 N–H and O–H groups in total. The van der Waals surface area contributed by atoms with Crippen LogP contribution in [0.1, 0.15) is 10.4 Å². The summed E-state index contributed by atoms with van der Waals surface area (Å²) in [5.74, 6) is 5.37. The Bertz CT molecular complexity index is 864. The van der Waals surface area contributed by atoms with Gasteiger partial charge < -0.3 is 10.2 Å². The molecule has 5 nitrogen and oxygen atoms in total. The van der Waals surface area contributed by atoms with E-state index >= 15 is 0 Å². The maximum atomic E-state index is 11.8. The predicted molar refractivity (Wildman–Crippen MR) is 77.6 cm³/mol. The number of oxazole rings is 1. The molecular weight excluding hydrogens is 274 g/mol. The van der Waals surface area contributed by atoms with Crippen molar-refractivity contribution in [3.05, 3.63) is 50.8 Å². The van der Waals surface area contributed by atoms with E-state index in [4.69, 9.17) is 10.2 Å². The van der Waals surface area contributed by atoms with Gasteiger partial charge in [-0.3, -0.25) is 4.57 Å². The third-order valence-electron chi connectivity index (χ3n) is 2.73. The second-order valence-corrected chi connectivity index (χ2v) is 5.08. The molecular formula is C14H11N3O2S. The Morgan fingerprint density at radius 3 is 3.25 bits per heavy atom. The van der Waals surface area contributed by atoms with E-state index in [1.54, 1.807) is 29.7 Å². The lowest BCUT2D eigenvalue weighted by Gasteiger charge is -1.97. The molecule has 0 fully saturated rings. The molecule has 3 rings (SSSR count). The number of pyridine rings is 1. The van der Waals surface area contributed by atoms with Crippen molar-refractivity contribution in [2.75, 3.05) is 6.54 Å². The van der Waals surface area contributed by atoms with E-state index in [0.29, 0.717) is 24.3 Å². The Morgan fingerprint density at radius 2 is 2.40 bits per heavy atom. The van der Waals surface area contributed by atoms with Gasteiger partial charge >= 0.3 is 5.76 Å². The highest BCUT2D eigenvalue weighted by Gasteiger charge is 2.11. The molecule has 3 heterocycles. The van der Waals surface area contributed by atoms with Gasteiger partial charge in [-0.15, -0.1) is 11.3 Å². The van der Waals surface area contributed by atoms with E-state index in [0.717, 1.165) is 10.4 Å². The minimum Gasteiger partial charge on any atom is -0.406 e. The minimum absolute atomic E-state index is 0.334. The molecule has 0 amide bonds. The summed E-state index contributed by atoms with van der Waals surface area (Å²) in [6.45, 7) is 0.763. The second kappa shape index (κ2) is 5.33. The molecule has 0 aliphatic carbocycles. The first kappa shape index (κ1) is 12.7. The third kappa shape index (κ3) is 2.37. The maximum Gasteiger partial charge on any atom is 0.421 e. The van der Waals surface area contributed by atoms with Gasteiger partial charge in [0.1, 0.15) is 0 Å². The monoisotopic (exact) mass is 285 g/mol. The number of rotatable bonds is 2. The number of aromatic nitrogens is 2. The van der Waals surface area contributed by atoms with Crippen molar-refractivity contribution in [2.45, 2.75) is 6.54 Å². The van der Waals surface area contributed by atoms with Gasteiger partial charge in [-0.2, -0.15) is 0 Å². The zero-order chi connectivity index (χ0) is 13.9.